The Balaban J connectivity index is 1.80. The fourth-order valence-electron chi connectivity index (χ4n) is 2.69. The third-order valence-corrected chi connectivity index (χ3v) is 5.87. The van der Waals surface area contributed by atoms with Crippen molar-refractivity contribution in [1.82, 2.24) is 9.29 Å². The predicted molar refractivity (Wildman–Crippen MR) is 86.3 cm³/mol. The van der Waals surface area contributed by atoms with E-state index in [2.05, 4.69) is 4.98 Å². The van der Waals surface area contributed by atoms with Crippen LogP contribution in [-0.4, -0.2) is 43.9 Å². The van der Waals surface area contributed by atoms with Crippen molar-refractivity contribution in [3.63, 3.8) is 0 Å². The van der Waals surface area contributed by atoms with Crippen LogP contribution in [0.25, 0.3) is 0 Å². The molecular formula is C16H14F2N4O2S. The molecule has 130 valence electrons. The minimum absolute atomic E-state index is 0.0831. The van der Waals surface area contributed by atoms with Gasteiger partial charge in [0.25, 0.3) is 0 Å². The summed E-state index contributed by atoms with van der Waals surface area (Å²) in [5.74, 6) is -1.31. The van der Waals surface area contributed by atoms with Crippen molar-refractivity contribution in [2.24, 2.45) is 0 Å². The van der Waals surface area contributed by atoms with Crippen LogP contribution in [0.1, 0.15) is 5.56 Å². The fourth-order valence-corrected chi connectivity index (χ4v) is 4.19. The lowest BCUT2D eigenvalue weighted by atomic mass is 10.2. The zero-order chi connectivity index (χ0) is 18.0. The average Bonchev–Trinajstić information content (AvgIpc) is 2.63. The summed E-state index contributed by atoms with van der Waals surface area (Å²) in [6.07, 6.45) is 1.56. The molecule has 1 fully saturated rings. The number of halogens is 2. The average molecular weight is 364 g/mol. The highest BCUT2D eigenvalue weighted by Gasteiger charge is 2.31. The Kier molecular flexibility index (Phi) is 4.65. The van der Waals surface area contributed by atoms with Crippen molar-refractivity contribution in [3.05, 3.63) is 53.7 Å². The molecule has 0 bridgehead atoms. The maximum atomic E-state index is 13.8. The summed E-state index contributed by atoms with van der Waals surface area (Å²) < 4.78 is 53.4. The van der Waals surface area contributed by atoms with E-state index in [1.807, 2.05) is 6.07 Å². The molecule has 0 saturated carbocycles. The molecule has 0 spiro atoms. The Bertz CT molecular complexity index is 935. The molecule has 0 N–H and O–H groups in total. The topological polar surface area (TPSA) is 77.3 Å². The van der Waals surface area contributed by atoms with Crippen LogP contribution < -0.4 is 4.90 Å². The van der Waals surface area contributed by atoms with E-state index >= 15 is 0 Å². The van der Waals surface area contributed by atoms with Gasteiger partial charge in [0, 0.05) is 32.4 Å². The van der Waals surface area contributed by atoms with E-state index in [9.17, 15) is 17.2 Å². The van der Waals surface area contributed by atoms with Crippen LogP contribution >= 0.6 is 0 Å². The van der Waals surface area contributed by atoms with Gasteiger partial charge in [0.2, 0.25) is 10.0 Å². The van der Waals surface area contributed by atoms with Crippen LogP contribution in [0, 0.1) is 23.0 Å². The molecule has 0 amide bonds. The Morgan fingerprint density at radius 3 is 2.52 bits per heavy atom. The normalized spacial score (nSPS) is 15.8. The van der Waals surface area contributed by atoms with Gasteiger partial charge < -0.3 is 4.90 Å². The molecule has 1 aliphatic heterocycles. The summed E-state index contributed by atoms with van der Waals surface area (Å²) >= 11 is 0. The molecule has 1 aromatic carbocycles. The first-order chi connectivity index (χ1) is 11.9. The number of hydrogen-bond donors (Lipinski definition) is 0. The summed E-state index contributed by atoms with van der Waals surface area (Å²) in [5.41, 5.74) is 0.398. The second kappa shape index (κ2) is 6.74. The smallest absolute Gasteiger partial charge is 0.246 e. The third kappa shape index (κ3) is 3.31. The highest BCUT2D eigenvalue weighted by Crippen LogP contribution is 2.24. The van der Waals surface area contributed by atoms with E-state index in [1.54, 1.807) is 23.2 Å². The number of hydrogen-bond acceptors (Lipinski definition) is 5. The van der Waals surface area contributed by atoms with Gasteiger partial charge in [-0.05, 0) is 30.3 Å². The van der Waals surface area contributed by atoms with Crippen LogP contribution in [0.15, 0.2) is 41.4 Å². The van der Waals surface area contributed by atoms with Gasteiger partial charge in [0.1, 0.15) is 28.4 Å². The van der Waals surface area contributed by atoms with Gasteiger partial charge in [-0.1, -0.05) is 0 Å². The molecule has 2 heterocycles. The number of nitrogens with zero attached hydrogens (tertiary/aromatic N) is 4. The number of benzene rings is 1. The van der Waals surface area contributed by atoms with Gasteiger partial charge in [0.05, 0.1) is 5.56 Å². The molecule has 0 unspecified atom stereocenters. The van der Waals surface area contributed by atoms with Crippen molar-refractivity contribution in [2.45, 2.75) is 4.90 Å². The minimum atomic E-state index is -4.13. The van der Waals surface area contributed by atoms with Crippen molar-refractivity contribution in [1.29, 1.82) is 5.26 Å². The summed E-state index contributed by atoms with van der Waals surface area (Å²) in [5, 5.41) is 9.14. The van der Waals surface area contributed by atoms with Crippen molar-refractivity contribution >= 4 is 15.8 Å². The van der Waals surface area contributed by atoms with Crippen LogP contribution in [0.3, 0.4) is 0 Å². The predicted octanol–water partition coefficient (Wildman–Crippen LogP) is 1.74. The number of nitriles is 1. The van der Waals surface area contributed by atoms with Gasteiger partial charge in [0.15, 0.2) is 0 Å². The molecule has 3 rings (SSSR count). The van der Waals surface area contributed by atoms with Gasteiger partial charge in [-0.25, -0.2) is 22.2 Å². The van der Waals surface area contributed by atoms with E-state index in [1.165, 1.54) is 0 Å². The number of anilines is 1. The van der Waals surface area contributed by atoms with E-state index in [0.717, 1.165) is 16.4 Å². The van der Waals surface area contributed by atoms with Crippen molar-refractivity contribution in [2.75, 3.05) is 31.1 Å². The largest absolute Gasteiger partial charge is 0.353 e. The van der Waals surface area contributed by atoms with Crippen LogP contribution in [0.4, 0.5) is 14.6 Å². The molecule has 1 saturated heterocycles. The third-order valence-electron chi connectivity index (χ3n) is 3.96. The lowest BCUT2D eigenvalue weighted by Crippen LogP contribution is -2.49. The zero-order valence-corrected chi connectivity index (χ0v) is 13.9. The van der Waals surface area contributed by atoms with E-state index < -0.39 is 26.6 Å². The van der Waals surface area contributed by atoms with Crippen LogP contribution in [0.2, 0.25) is 0 Å². The highest BCUT2D eigenvalue weighted by molar-refractivity contribution is 7.89. The molecule has 6 nitrogen and oxygen atoms in total. The molecule has 25 heavy (non-hydrogen) atoms. The standard InChI is InChI=1S/C16H14F2N4O2S/c17-13-3-4-14(18)15(10-13)25(23,24)22-8-6-21(7-9-22)16-12(11-19)2-1-5-20-16/h1-5,10H,6-9H2. The first-order valence-corrected chi connectivity index (χ1v) is 8.93. The lowest BCUT2D eigenvalue weighted by molar-refractivity contribution is 0.381. The number of piperazine rings is 1. The number of sulfonamides is 1. The Morgan fingerprint density at radius 1 is 1.12 bits per heavy atom. The quantitative estimate of drug-likeness (QED) is 0.829. The summed E-state index contributed by atoms with van der Waals surface area (Å²) in [6, 6.07) is 7.68. The number of rotatable bonds is 3. The summed E-state index contributed by atoms with van der Waals surface area (Å²) in [4.78, 5) is 5.30. The Morgan fingerprint density at radius 2 is 1.84 bits per heavy atom. The van der Waals surface area contributed by atoms with E-state index in [4.69, 9.17) is 5.26 Å². The van der Waals surface area contributed by atoms with Gasteiger partial charge >= 0.3 is 0 Å². The highest BCUT2D eigenvalue weighted by atomic mass is 32.2. The summed E-state index contributed by atoms with van der Waals surface area (Å²) in [6.45, 7) is 0.753. The Labute approximate surface area is 144 Å². The van der Waals surface area contributed by atoms with Crippen LogP contribution in [-0.2, 0) is 10.0 Å². The van der Waals surface area contributed by atoms with E-state index in [0.29, 0.717) is 30.5 Å². The molecular weight excluding hydrogens is 350 g/mol. The summed E-state index contributed by atoms with van der Waals surface area (Å²) in [7, 11) is -4.13. The first kappa shape index (κ1) is 17.3. The fraction of sp³-hybridized carbons (Fsp3) is 0.250. The van der Waals surface area contributed by atoms with Crippen molar-refractivity contribution < 1.29 is 17.2 Å². The second-order valence-electron chi connectivity index (χ2n) is 5.45. The van der Waals surface area contributed by atoms with Gasteiger partial charge in [-0.3, -0.25) is 0 Å². The Hall–Kier alpha value is -2.57. The molecule has 1 aromatic heterocycles. The maximum absolute atomic E-state index is 13.8. The van der Waals surface area contributed by atoms with Gasteiger partial charge in [-0.2, -0.15) is 9.57 Å². The maximum Gasteiger partial charge on any atom is 0.246 e. The first-order valence-electron chi connectivity index (χ1n) is 7.49. The van der Waals surface area contributed by atoms with E-state index in [-0.39, 0.29) is 13.1 Å². The molecule has 0 atom stereocenters. The zero-order valence-electron chi connectivity index (χ0n) is 13.1. The second-order valence-corrected chi connectivity index (χ2v) is 7.36. The SMILES string of the molecule is N#Cc1cccnc1N1CCN(S(=O)(=O)c2cc(F)ccc2F)CC1. The van der Waals surface area contributed by atoms with Crippen LogP contribution in [0.5, 0.6) is 0 Å². The van der Waals surface area contributed by atoms with Crippen molar-refractivity contribution in [3.8, 4) is 6.07 Å². The monoisotopic (exact) mass is 364 g/mol. The number of pyridine rings is 1. The molecule has 1 aliphatic rings. The number of aromatic nitrogens is 1. The van der Waals surface area contributed by atoms with Gasteiger partial charge in [-0.15, -0.1) is 0 Å². The lowest BCUT2D eigenvalue weighted by Gasteiger charge is -2.35. The molecule has 9 heteroatoms. The minimum Gasteiger partial charge on any atom is -0.353 e. The molecule has 0 radical (unpaired) electrons. The molecule has 2 aromatic rings. The molecule has 0 aliphatic carbocycles.